The van der Waals surface area contributed by atoms with E-state index in [1.165, 1.54) is 7.11 Å². The molecule has 0 spiro atoms. The molecule has 0 saturated carbocycles. The van der Waals surface area contributed by atoms with E-state index in [9.17, 15) is 14.7 Å². The van der Waals surface area contributed by atoms with Gasteiger partial charge in [0.2, 0.25) is 0 Å². The minimum atomic E-state index is -1.04. The Morgan fingerprint density at radius 1 is 1.06 bits per heavy atom. The Balaban J connectivity index is 1.82. The molecule has 2 aromatic heterocycles. The number of carboxylic acid groups (broad SMARTS) is 1. The number of carbonyl (C=O) groups excluding carboxylic acids is 1. The van der Waals surface area contributed by atoms with E-state index in [4.69, 9.17) is 14.8 Å². The lowest BCUT2D eigenvalue weighted by Crippen LogP contribution is -2.09. The van der Waals surface area contributed by atoms with Crippen LogP contribution in [-0.4, -0.2) is 50.3 Å². The van der Waals surface area contributed by atoms with Crippen LogP contribution < -0.4 is 5.32 Å². The maximum absolute atomic E-state index is 12.1. The van der Waals surface area contributed by atoms with Crippen molar-refractivity contribution in [3.63, 3.8) is 0 Å². The molecule has 0 unspecified atom stereocenters. The fourth-order valence-corrected chi connectivity index (χ4v) is 3.83. The summed E-state index contributed by atoms with van der Waals surface area (Å²) in [7, 11) is 1.34. The zero-order chi connectivity index (χ0) is 25.7. The molecular weight excluding hydrogens is 458 g/mol. The molecule has 2 aromatic carbocycles. The minimum absolute atomic E-state index is 0.149. The van der Waals surface area contributed by atoms with Gasteiger partial charge in [0.25, 0.3) is 5.78 Å². The number of ether oxygens (including phenoxy) is 1. The zero-order valence-electron chi connectivity index (χ0n) is 20.4. The van der Waals surface area contributed by atoms with Crippen LogP contribution in [0.4, 0.5) is 5.82 Å². The quantitative estimate of drug-likeness (QED) is 0.252. The van der Waals surface area contributed by atoms with Crippen LogP contribution in [0.25, 0.3) is 29.2 Å². The van der Waals surface area contributed by atoms with Gasteiger partial charge in [0.05, 0.1) is 29.6 Å². The number of fused-ring (bicyclic) bond motifs is 1. The van der Waals surface area contributed by atoms with Crippen molar-refractivity contribution in [2.75, 3.05) is 19.0 Å². The maximum Gasteiger partial charge on any atom is 0.338 e. The summed E-state index contributed by atoms with van der Waals surface area (Å²) in [6.07, 6.45) is 5.48. The van der Waals surface area contributed by atoms with Gasteiger partial charge < -0.3 is 15.2 Å². The standard InChI is InChI=1S/C27H27N5O4/c1-4-5-16-28-24-23(20-12-8-9-13-21(20)25(33)34)30-27-29-22(17(2)31-32(24)27)15-14-18-10-6-7-11-19(18)26(35)36-3/h6-15,28H,4-5,16H2,1-3H3,(H,33,34)/b15-14+. The van der Waals surface area contributed by atoms with Crippen LogP contribution in [0.1, 0.15) is 57.4 Å². The van der Waals surface area contributed by atoms with Gasteiger partial charge in [-0.05, 0) is 37.1 Å². The summed E-state index contributed by atoms with van der Waals surface area (Å²) in [4.78, 5) is 33.3. The predicted octanol–water partition coefficient (Wildman–Crippen LogP) is 4.97. The van der Waals surface area contributed by atoms with Crippen LogP contribution in [0.2, 0.25) is 0 Å². The number of rotatable bonds is 9. The number of aromatic carboxylic acids is 1. The summed E-state index contributed by atoms with van der Waals surface area (Å²) in [5.74, 6) is -0.538. The number of carboxylic acids is 1. The highest BCUT2D eigenvalue weighted by molar-refractivity contribution is 5.97. The van der Waals surface area contributed by atoms with E-state index in [2.05, 4.69) is 17.2 Å². The lowest BCUT2D eigenvalue weighted by molar-refractivity contribution is 0.0599. The molecule has 0 aliphatic carbocycles. The average Bonchev–Trinajstić information content (AvgIpc) is 3.24. The Kier molecular flexibility index (Phi) is 7.39. The minimum Gasteiger partial charge on any atom is -0.478 e. The second-order valence-corrected chi connectivity index (χ2v) is 8.15. The monoisotopic (exact) mass is 485 g/mol. The lowest BCUT2D eigenvalue weighted by Gasteiger charge is -2.09. The number of hydrogen-bond donors (Lipinski definition) is 2. The number of methoxy groups -OCH3 is 1. The molecule has 9 heteroatoms. The number of imidazole rings is 1. The molecule has 2 N–H and O–H groups in total. The number of carbonyl (C=O) groups is 2. The third kappa shape index (κ3) is 4.95. The lowest BCUT2D eigenvalue weighted by atomic mass is 10.0. The fourth-order valence-electron chi connectivity index (χ4n) is 3.83. The number of unbranched alkanes of at least 4 members (excludes halogenated alkanes) is 1. The summed E-state index contributed by atoms with van der Waals surface area (Å²) in [5, 5.41) is 17.8. The molecule has 4 aromatic rings. The first-order chi connectivity index (χ1) is 17.4. The Morgan fingerprint density at radius 2 is 1.78 bits per heavy atom. The molecule has 0 aliphatic rings. The van der Waals surface area contributed by atoms with Gasteiger partial charge in [-0.1, -0.05) is 55.8 Å². The second kappa shape index (κ2) is 10.8. The van der Waals surface area contributed by atoms with Crippen LogP contribution in [0, 0.1) is 6.92 Å². The number of aryl methyl sites for hydroxylation is 1. The van der Waals surface area contributed by atoms with Gasteiger partial charge in [0.1, 0.15) is 5.69 Å². The van der Waals surface area contributed by atoms with Crippen LogP contribution >= 0.6 is 0 Å². The molecule has 9 nitrogen and oxygen atoms in total. The summed E-state index contributed by atoms with van der Waals surface area (Å²) < 4.78 is 6.48. The van der Waals surface area contributed by atoms with Gasteiger partial charge in [-0.15, -0.1) is 0 Å². The summed E-state index contributed by atoms with van der Waals surface area (Å²) in [6.45, 7) is 4.61. The molecule has 0 atom stereocenters. The number of benzene rings is 2. The second-order valence-electron chi connectivity index (χ2n) is 8.15. The van der Waals surface area contributed by atoms with Gasteiger partial charge in [-0.2, -0.15) is 9.61 Å². The van der Waals surface area contributed by atoms with Crippen molar-refractivity contribution < 1.29 is 19.4 Å². The first kappa shape index (κ1) is 24.6. The Labute approximate surface area is 208 Å². The van der Waals surface area contributed by atoms with E-state index in [0.29, 0.717) is 51.9 Å². The smallest absolute Gasteiger partial charge is 0.338 e. The summed E-state index contributed by atoms with van der Waals surface area (Å²) >= 11 is 0. The molecule has 4 rings (SSSR count). The maximum atomic E-state index is 12.1. The summed E-state index contributed by atoms with van der Waals surface area (Å²) in [5.41, 5.74) is 3.45. The SMILES string of the molecule is CCCCNc1c(-c2ccccc2C(=O)O)nc2nc(/C=C/c3ccccc3C(=O)OC)c(C)nn12. The molecule has 0 saturated heterocycles. The molecule has 0 radical (unpaired) electrons. The summed E-state index contributed by atoms with van der Waals surface area (Å²) in [6, 6.07) is 13.9. The normalized spacial score (nSPS) is 11.2. The largest absolute Gasteiger partial charge is 0.478 e. The number of anilines is 1. The van der Waals surface area contributed by atoms with Gasteiger partial charge >= 0.3 is 11.9 Å². The van der Waals surface area contributed by atoms with Gasteiger partial charge in [-0.25, -0.2) is 19.6 Å². The van der Waals surface area contributed by atoms with E-state index < -0.39 is 11.9 Å². The van der Waals surface area contributed by atoms with Crippen molar-refractivity contribution in [1.82, 2.24) is 19.6 Å². The highest BCUT2D eigenvalue weighted by atomic mass is 16.5. The van der Waals surface area contributed by atoms with E-state index in [1.807, 2.05) is 19.1 Å². The van der Waals surface area contributed by atoms with Crippen LogP contribution in [0.3, 0.4) is 0 Å². The third-order valence-electron chi connectivity index (χ3n) is 5.70. The Bertz CT molecular complexity index is 1460. The van der Waals surface area contributed by atoms with Crippen molar-refractivity contribution in [3.05, 3.63) is 76.6 Å². The first-order valence-electron chi connectivity index (χ1n) is 11.6. The van der Waals surface area contributed by atoms with Crippen LogP contribution in [0.5, 0.6) is 0 Å². The first-order valence-corrected chi connectivity index (χ1v) is 11.6. The van der Waals surface area contributed by atoms with Crippen LogP contribution in [-0.2, 0) is 4.74 Å². The molecule has 0 amide bonds. The predicted molar refractivity (Wildman–Crippen MR) is 138 cm³/mol. The fraction of sp³-hybridized carbons (Fsp3) is 0.222. The average molecular weight is 486 g/mol. The molecule has 2 heterocycles. The van der Waals surface area contributed by atoms with Crippen LogP contribution in [0.15, 0.2) is 48.5 Å². The van der Waals surface area contributed by atoms with Gasteiger partial charge in [0, 0.05) is 12.1 Å². The molecule has 0 aliphatic heterocycles. The molecule has 36 heavy (non-hydrogen) atoms. The van der Waals surface area contributed by atoms with Crippen molar-refractivity contribution in [2.45, 2.75) is 26.7 Å². The van der Waals surface area contributed by atoms with Crippen molar-refractivity contribution >= 4 is 35.7 Å². The van der Waals surface area contributed by atoms with Gasteiger partial charge in [0.15, 0.2) is 5.82 Å². The van der Waals surface area contributed by atoms with E-state index in [1.54, 1.807) is 53.1 Å². The molecule has 184 valence electrons. The molecular formula is C27H27N5O4. The van der Waals surface area contributed by atoms with Crippen molar-refractivity contribution in [2.24, 2.45) is 0 Å². The third-order valence-corrected chi connectivity index (χ3v) is 5.70. The highest BCUT2D eigenvalue weighted by Gasteiger charge is 2.21. The number of nitrogens with zero attached hydrogens (tertiary/aromatic N) is 4. The number of nitrogens with one attached hydrogen (secondary N) is 1. The van der Waals surface area contributed by atoms with Crippen molar-refractivity contribution in [1.29, 1.82) is 0 Å². The highest BCUT2D eigenvalue weighted by Crippen LogP contribution is 2.31. The Morgan fingerprint density at radius 3 is 2.50 bits per heavy atom. The zero-order valence-corrected chi connectivity index (χ0v) is 20.4. The van der Waals surface area contributed by atoms with E-state index in [0.717, 1.165) is 12.8 Å². The van der Waals surface area contributed by atoms with Crippen molar-refractivity contribution in [3.8, 4) is 11.3 Å². The molecule has 0 fully saturated rings. The topological polar surface area (TPSA) is 119 Å². The van der Waals surface area contributed by atoms with E-state index >= 15 is 0 Å². The van der Waals surface area contributed by atoms with Gasteiger partial charge in [-0.3, -0.25) is 0 Å². The molecule has 0 bridgehead atoms. The van der Waals surface area contributed by atoms with E-state index in [-0.39, 0.29) is 5.56 Å². The number of esters is 1. The number of aromatic nitrogens is 4. The number of hydrogen-bond acceptors (Lipinski definition) is 7. The Hall–Kier alpha value is -4.53.